The van der Waals surface area contributed by atoms with E-state index >= 15 is 0 Å². The average molecular weight is 252 g/mol. The van der Waals surface area contributed by atoms with E-state index in [1.807, 2.05) is 20.8 Å². The lowest BCUT2D eigenvalue weighted by Gasteiger charge is -2.19. The Hall–Kier alpha value is -1.46. The van der Waals surface area contributed by atoms with Gasteiger partial charge in [0.25, 0.3) is 0 Å². The van der Waals surface area contributed by atoms with Crippen LogP contribution in [-0.4, -0.2) is 29.8 Å². The van der Waals surface area contributed by atoms with E-state index < -0.39 is 0 Å². The summed E-state index contributed by atoms with van der Waals surface area (Å²) in [5.41, 5.74) is 6.35. The fourth-order valence-corrected chi connectivity index (χ4v) is 1.28. The van der Waals surface area contributed by atoms with Crippen molar-refractivity contribution in [2.45, 2.75) is 32.9 Å². The van der Waals surface area contributed by atoms with Crippen molar-refractivity contribution < 1.29 is 14.3 Å². The van der Waals surface area contributed by atoms with Crippen LogP contribution in [0, 0.1) is 0 Å². The molecule has 0 unspecified atom stereocenters. The van der Waals surface area contributed by atoms with Crippen LogP contribution in [0.15, 0.2) is 18.3 Å². The van der Waals surface area contributed by atoms with E-state index in [1.165, 1.54) is 0 Å². The molecule has 1 aromatic heterocycles. The first kappa shape index (κ1) is 14.6. The van der Waals surface area contributed by atoms with Gasteiger partial charge in [0, 0.05) is 12.7 Å². The molecule has 1 rings (SSSR count). The lowest BCUT2D eigenvalue weighted by Crippen LogP contribution is -2.22. The van der Waals surface area contributed by atoms with Crippen LogP contribution in [0.5, 0.6) is 0 Å². The molecule has 0 radical (unpaired) electrons. The van der Waals surface area contributed by atoms with E-state index in [4.69, 9.17) is 15.2 Å². The maximum absolute atomic E-state index is 11.7. The van der Waals surface area contributed by atoms with Crippen LogP contribution >= 0.6 is 0 Å². The predicted octanol–water partition coefficient (Wildman–Crippen LogP) is 1.51. The molecule has 2 N–H and O–H groups in total. The summed E-state index contributed by atoms with van der Waals surface area (Å²) in [6.07, 6.45) is 1.55. The van der Waals surface area contributed by atoms with Gasteiger partial charge in [0.05, 0.1) is 23.5 Å². The van der Waals surface area contributed by atoms with Crippen LogP contribution in [0.2, 0.25) is 0 Å². The summed E-state index contributed by atoms with van der Waals surface area (Å²) in [5.74, 6) is -0.385. The van der Waals surface area contributed by atoms with E-state index in [0.29, 0.717) is 24.4 Å². The van der Waals surface area contributed by atoms with Crippen molar-refractivity contribution in [2.75, 3.05) is 13.2 Å². The third kappa shape index (κ3) is 5.25. The maximum atomic E-state index is 11.7. The molecule has 100 valence electrons. The zero-order valence-corrected chi connectivity index (χ0v) is 11.1. The number of esters is 1. The molecule has 5 nitrogen and oxygen atoms in total. The van der Waals surface area contributed by atoms with Crippen LogP contribution in [0.1, 0.15) is 36.8 Å². The van der Waals surface area contributed by atoms with E-state index in [0.717, 1.165) is 0 Å². The molecule has 0 fully saturated rings. The first-order valence-corrected chi connectivity index (χ1v) is 5.88. The van der Waals surface area contributed by atoms with Crippen molar-refractivity contribution in [1.82, 2.24) is 4.98 Å². The number of rotatable bonds is 5. The van der Waals surface area contributed by atoms with Gasteiger partial charge in [-0.1, -0.05) is 0 Å². The van der Waals surface area contributed by atoms with Crippen LogP contribution in [-0.2, 0) is 16.0 Å². The lowest BCUT2D eigenvalue weighted by molar-refractivity contribution is -0.0281. The number of pyridine rings is 1. The highest BCUT2D eigenvalue weighted by Crippen LogP contribution is 2.07. The zero-order chi connectivity index (χ0) is 13.6. The molecule has 1 heterocycles. The molecule has 0 aliphatic heterocycles. The van der Waals surface area contributed by atoms with Gasteiger partial charge < -0.3 is 15.2 Å². The van der Waals surface area contributed by atoms with Gasteiger partial charge in [0.15, 0.2) is 0 Å². The van der Waals surface area contributed by atoms with Crippen molar-refractivity contribution in [2.24, 2.45) is 5.73 Å². The maximum Gasteiger partial charge on any atom is 0.338 e. The van der Waals surface area contributed by atoms with Crippen molar-refractivity contribution in [3.63, 3.8) is 0 Å². The van der Waals surface area contributed by atoms with Crippen LogP contribution in [0.4, 0.5) is 0 Å². The minimum Gasteiger partial charge on any atom is -0.460 e. The number of hydrogen-bond acceptors (Lipinski definition) is 5. The number of hydrogen-bond donors (Lipinski definition) is 1. The van der Waals surface area contributed by atoms with Crippen LogP contribution in [0.25, 0.3) is 0 Å². The molecule has 0 spiro atoms. The highest BCUT2D eigenvalue weighted by atomic mass is 16.6. The predicted molar refractivity (Wildman–Crippen MR) is 68.1 cm³/mol. The Labute approximate surface area is 107 Å². The standard InChI is InChI=1S/C13H20N2O3/c1-13(2,3)18-7-6-17-12(16)10-4-5-15-11(8-10)9-14/h4-5,8H,6-7,9,14H2,1-3H3. The molecule has 0 saturated carbocycles. The van der Waals surface area contributed by atoms with E-state index in [9.17, 15) is 4.79 Å². The fraction of sp³-hybridized carbons (Fsp3) is 0.538. The molecule has 0 aliphatic rings. The summed E-state index contributed by atoms with van der Waals surface area (Å²) in [5, 5.41) is 0. The largest absolute Gasteiger partial charge is 0.460 e. The van der Waals surface area contributed by atoms with Crippen molar-refractivity contribution >= 4 is 5.97 Å². The third-order valence-electron chi connectivity index (χ3n) is 2.11. The Morgan fingerprint density at radius 2 is 2.11 bits per heavy atom. The van der Waals surface area contributed by atoms with Gasteiger partial charge in [0.2, 0.25) is 0 Å². The molecule has 0 aromatic carbocycles. The van der Waals surface area contributed by atoms with Crippen LogP contribution < -0.4 is 5.73 Å². The summed E-state index contributed by atoms with van der Waals surface area (Å²) < 4.78 is 10.5. The summed E-state index contributed by atoms with van der Waals surface area (Å²) in [7, 11) is 0. The Morgan fingerprint density at radius 3 is 2.72 bits per heavy atom. The zero-order valence-electron chi connectivity index (χ0n) is 11.1. The lowest BCUT2D eigenvalue weighted by atomic mass is 10.2. The molecule has 0 aliphatic carbocycles. The average Bonchev–Trinajstić information content (AvgIpc) is 2.33. The molecule has 5 heteroatoms. The minimum atomic E-state index is -0.385. The summed E-state index contributed by atoms with van der Waals surface area (Å²) in [4.78, 5) is 15.7. The second-order valence-electron chi connectivity index (χ2n) is 4.84. The van der Waals surface area contributed by atoms with Gasteiger partial charge in [0.1, 0.15) is 6.61 Å². The molecular weight excluding hydrogens is 232 g/mol. The topological polar surface area (TPSA) is 74.4 Å². The van der Waals surface area contributed by atoms with Crippen molar-refractivity contribution in [3.8, 4) is 0 Å². The van der Waals surface area contributed by atoms with Gasteiger partial charge in [-0.05, 0) is 32.9 Å². The van der Waals surface area contributed by atoms with Gasteiger partial charge in [-0.25, -0.2) is 4.79 Å². The van der Waals surface area contributed by atoms with E-state index in [2.05, 4.69) is 4.98 Å². The van der Waals surface area contributed by atoms with Crippen molar-refractivity contribution in [1.29, 1.82) is 0 Å². The van der Waals surface area contributed by atoms with Gasteiger partial charge in [-0.2, -0.15) is 0 Å². The molecular formula is C13H20N2O3. The number of carbonyl (C=O) groups is 1. The van der Waals surface area contributed by atoms with Crippen LogP contribution in [0.3, 0.4) is 0 Å². The van der Waals surface area contributed by atoms with Gasteiger partial charge in [-0.3, -0.25) is 4.98 Å². The first-order chi connectivity index (χ1) is 8.42. The Balaban J connectivity index is 2.41. The Morgan fingerprint density at radius 1 is 1.39 bits per heavy atom. The molecule has 0 amide bonds. The third-order valence-corrected chi connectivity index (χ3v) is 2.11. The number of nitrogens with zero attached hydrogens (tertiary/aromatic N) is 1. The molecule has 18 heavy (non-hydrogen) atoms. The van der Waals surface area contributed by atoms with Gasteiger partial charge >= 0.3 is 5.97 Å². The monoisotopic (exact) mass is 252 g/mol. The number of carbonyl (C=O) groups excluding carboxylic acids is 1. The number of ether oxygens (including phenoxy) is 2. The Bertz CT molecular complexity index is 399. The smallest absolute Gasteiger partial charge is 0.338 e. The summed E-state index contributed by atoms with van der Waals surface area (Å²) in [6, 6.07) is 3.24. The van der Waals surface area contributed by atoms with Gasteiger partial charge in [-0.15, -0.1) is 0 Å². The SMILES string of the molecule is CC(C)(C)OCCOC(=O)c1ccnc(CN)c1. The molecule has 0 bridgehead atoms. The molecule has 0 saturated heterocycles. The summed E-state index contributed by atoms with van der Waals surface area (Å²) in [6.45, 7) is 6.76. The van der Waals surface area contributed by atoms with Crippen molar-refractivity contribution in [3.05, 3.63) is 29.6 Å². The quantitative estimate of drug-likeness (QED) is 0.635. The Kier molecular flexibility index (Phi) is 5.25. The second-order valence-corrected chi connectivity index (χ2v) is 4.84. The fourth-order valence-electron chi connectivity index (χ4n) is 1.28. The van der Waals surface area contributed by atoms with E-state index in [-0.39, 0.29) is 18.2 Å². The highest BCUT2D eigenvalue weighted by Gasteiger charge is 2.11. The highest BCUT2D eigenvalue weighted by molar-refractivity contribution is 5.89. The molecule has 0 atom stereocenters. The first-order valence-electron chi connectivity index (χ1n) is 5.88. The summed E-state index contributed by atoms with van der Waals surface area (Å²) >= 11 is 0. The minimum absolute atomic E-state index is 0.226. The molecule has 1 aromatic rings. The second kappa shape index (κ2) is 6.47. The number of aromatic nitrogens is 1. The number of nitrogens with two attached hydrogens (primary N) is 1. The van der Waals surface area contributed by atoms with E-state index in [1.54, 1.807) is 18.3 Å². The normalized spacial score (nSPS) is 11.3.